The van der Waals surface area contributed by atoms with Gasteiger partial charge in [-0.1, -0.05) is 12.1 Å². The molecule has 4 nitrogen and oxygen atoms in total. The Morgan fingerprint density at radius 2 is 2.14 bits per heavy atom. The second-order valence-electron chi connectivity index (χ2n) is 2.20. The van der Waals surface area contributed by atoms with Crippen molar-refractivity contribution in [2.24, 2.45) is 5.73 Å². The van der Waals surface area contributed by atoms with E-state index in [1.807, 2.05) is 6.07 Å². The van der Waals surface area contributed by atoms with Crippen LogP contribution in [0.5, 0.6) is 5.75 Å². The van der Waals surface area contributed by atoms with E-state index in [9.17, 15) is 4.79 Å². The summed E-state index contributed by atoms with van der Waals surface area (Å²) in [6.07, 6.45) is -0.711. The van der Waals surface area contributed by atoms with E-state index in [4.69, 9.17) is 5.11 Å². The first-order chi connectivity index (χ1) is 6.57. The fourth-order valence-electron chi connectivity index (χ4n) is 0.594. The zero-order valence-corrected chi connectivity index (χ0v) is 9.32. The molecule has 3 N–H and O–H groups in total. The van der Waals surface area contributed by atoms with Crippen LogP contribution in [0.25, 0.3) is 0 Å². The number of aromatic hydroxyl groups is 1. The number of amides is 1. The van der Waals surface area contributed by atoms with Crippen LogP contribution in [0.1, 0.15) is 6.92 Å². The summed E-state index contributed by atoms with van der Waals surface area (Å²) < 4.78 is 4.92. The van der Waals surface area contributed by atoms with Crippen LogP contribution in [0, 0.1) is 0 Å². The number of phenols is 1. The standard InChI is InChI=1S/C6H5BrO.C3H7NO2/c7-5-3-1-2-4-6(5)8;1-2-6-3(4)5/h1-4,8H;2H2,1H3,(H2,4,5). The van der Waals surface area contributed by atoms with Gasteiger partial charge in [-0.3, -0.25) is 0 Å². The highest BCUT2D eigenvalue weighted by molar-refractivity contribution is 9.10. The molecule has 0 bridgehead atoms. The molecule has 5 heteroatoms. The van der Waals surface area contributed by atoms with Crippen LogP contribution < -0.4 is 5.73 Å². The summed E-state index contributed by atoms with van der Waals surface area (Å²) >= 11 is 3.15. The van der Waals surface area contributed by atoms with Gasteiger partial charge in [-0.2, -0.15) is 0 Å². The molecule has 0 aliphatic carbocycles. The number of hydrogen-bond donors (Lipinski definition) is 2. The molecule has 14 heavy (non-hydrogen) atoms. The van der Waals surface area contributed by atoms with Gasteiger partial charge in [-0.25, -0.2) is 4.79 Å². The monoisotopic (exact) mass is 261 g/mol. The second-order valence-corrected chi connectivity index (χ2v) is 3.06. The first kappa shape index (κ1) is 12.8. The predicted molar refractivity (Wildman–Crippen MR) is 57.0 cm³/mol. The van der Waals surface area contributed by atoms with Crippen molar-refractivity contribution in [1.29, 1.82) is 0 Å². The maximum Gasteiger partial charge on any atom is 0.404 e. The van der Waals surface area contributed by atoms with Gasteiger partial charge in [0, 0.05) is 0 Å². The summed E-state index contributed by atoms with van der Waals surface area (Å²) in [6.45, 7) is 2.06. The zero-order valence-electron chi connectivity index (χ0n) is 7.74. The van der Waals surface area contributed by atoms with E-state index in [2.05, 4.69) is 26.4 Å². The number of nitrogens with two attached hydrogens (primary N) is 1. The number of carbonyl (C=O) groups excluding carboxylic acids is 1. The van der Waals surface area contributed by atoms with Gasteiger partial charge in [0.1, 0.15) is 5.75 Å². The Hall–Kier alpha value is -1.23. The molecule has 0 atom stereocenters. The smallest absolute Gasteiger partial charge is 0.404 e. The fraction of sp³-hybridized carbons (Fsp3) is 0.222. The molecular weight excluding hydrogens is 250 g/mol. The highest BCUT2D eigenvalue weighted by Crippen LogP contribution is 2.21. The molecule has 1 aromatic carbocycles. The molecule has 0 saturated carbocycles. The van der Waals surface area contributed by atoms with Crippen molar-refractivity contribution in [2.45, 2.75) is 6.92 Å². The topological polar surface area (TPSA) is 72.5 Å². The van der Waals surface area contributed by atoms with Crippen molar-refractivity contribution in [3.8, 4) is 5.75 Å². The first-order valence-corrected chi connectivity index (χ1v) is 4.73. The number of halogens is 1. The lowest BCUT2D eigenvalue weighted by Gasteiger charge is -1.90. The predicted octanol–water partition coefficient (Wildman–Crippen LogP) is 2.26. The maximum absolute atomic E-state index is 9.60. The average Bonchev–Trinajstić information content (AvgIpc) is 2.11. The van der Waals surface area contributed by atoms with Gasteiger partial charge in [0.2, 0.25) is 0 Å². The molecule has 0 radical (unpaired) electrons. The minimum atomic E-state index is -0.711. The normalized spacial score (nSPS) is 8.43. The Balaban J connectivity index is 0.000000255. The number of carbonyl (C=O) groups is 1. The number of hydrogen-bond acceptors (Lipinski definition) is 3. The third-order valence-electron chi connectivity index (χ3n) is 1.14. The molecule has 0 unspecified atom stereocenters. The van der Waals surface area contributed by atoms with E-state index >= 15 is 0 Å². The summed E-state index contributed by atoms with van der Waals surface area (Å²) in [5, 5.41) is 8.87. The lowest BCUT2D eigenvalue weighted by Crippen LogP contribution is -2.11. The van der Waals surface area contributed by atoms with Crippen LogP contribution in [0.4, 0.5) is 4.79 Å². The van der Waals surface area contributed by atoms with Gasteiger partial charge in [0.25, 0.3) is 0 Å². The Bertz CT molecular complexity index is 270. The van der Waals surface area contributed by atoms with E-state index < -0.39 is 6.09 Å². The lowest BCUT2D eigenvalue weighted by atomic mass is 10.3. The number of para-hydroxylation sites is 1. The van der Waals surface area contributed by atoms with Crippen molar-refractivity contribution in [2.75, 3.05) is 6.61 Å². The van der Waals surface area contributed by atoms with Crippen LogP contribution in [-0.2, 0) is 4.74 Å². The minimum Gasteiger partial charge on any atom is -0.507 e. The molecular formula is C9H12BrNO3. The Morgan fingerprint density at radius 3 is 2.36 bits per heavy atom. The summed E-state index contributed by atoms with van der Waals surface area (Å²) in [5.74, 6) is 0.285. The van der Waals surface area contributed by atoms with E-state index in [1.165, 1.54) is 0 Å². The second kappa shape index (κ2) is 7.20. The van der Waals surface area contributed by atoms with Crippen molar-refractivity contribution < 1.29 is 14.6 Å². The molecule has 0 spiro atoms. The lowest BCUT2D eigenvalue weighted by molar-refractivity contribution is 0.163. The van der Waals surface area contributed by atoms with Crippen LogP contribution in [0.2, 0.25) is 0 Å². The van der Waals surface area contributed by atoms with Gasteiger partial charge >= 0.3 is 6.09 Å². The summed E-state index contributed by atoms with van der Waals surface area (Å²) in [6, 6.07) is 7.04. The molecule has 0 aliphatic rings. The van der Waals surface area contributed by atoms with Gasteiger partial charge in [-0.05, 0) is 35.0 Å². The molecule has 0 aliphatic heterocycles. The maximum atomic E-state index is 9.60. The first-order valence-electron chi connectivity index (χ1n) is 3.93. The summed E-state index contributed by atoms with van der Waals surface area (Å²) in [4.78, 5) is 9.60. The molecule has 0 saturated heterocycles. The van der Waals surface area contributed by atoms with Crippen LogP contribution >= 0.6 is 15.9 Å². The highest BCUT2D eigenvalue weighted by Gasteiger charge is 1.89. The summed E-state index contributed by atoms with van der Waals surface area (Å²) in [7, 11) is 0. The Kier molecular flexibility index (Phi) is 6.57. The Morgan fingerprint density at radius 1 is 1.57 bits per heavy atom. The molecule has 0 heterocycles. The third-order valence-corrected chi connectivity index (χ3v) is 1.81. The number of phenolic OH excluding ortho intramolecular Hbond substituents is 1. The van der Waals surface area contributed by atoms with Crippen molar-refractivity contribution >= 4 is 22.0 Å². The molecule has 0 aromatic heterocycles. The average molecular weight is 262 g/mol. The Labute approximate surface area is 90.8 Å². The van der Waals surface area contributed by atoms with E-state index in [0.717, 1.165) is 4.47 Å². The summed E-state index contributed by atoms with van der Waals surface area (Å²) in [5.41, 5.74) is 4.54. The fourth-order valence-corrected chi connectivity index (χ4v) is 0.879. The van der Waals surface area contributed by atoms with Crippen LogP contribution in [0.3, 0.4) is 0 Å². The van der Waals surface area contributed by atoms with Gasteiger partial charge in [-0.15, -0.1) is 0 Å². The van der Waals surface area contributed by atoms with Crippen molar-refractivity contribution in [1.82, 2.24) is 0 Å². The van der Waals surface area contributed by atoms with Crippen molar-refractivity contribution in [3.63, 3.8) is 0 Å². The highest BCUT2D eigenvalue weighted by atomic mass is 79.9. The van der Waals surface area contributed by atoms with Gasteiger partial charge in [0.05, 0.1) is 11.1 Å². The largest absolute Gasteiger partial charge is 0.507 e. The molecule has 1 rings (SSSR count). The SMILES string of the molecule is CCOC(N)=O.Oc1ccccc1Br. The molecule has 1 amide bonds. The molecule has 0 fully saturated rings. The minimum absolute atomic E-state index is 0.285. The van der Waals surface area contributed by atoms with Gasteiger partial charge < -0.3 is 15.6 Å². The zero-order chi connectivity index (χ0) is 11.0. The number of rotatable bonds is 1. The van der Waals surface area contributed by atoms with Crippen LogP contribution in [-0.4, -0.2) is 17.8 Å². The van der Waals surface area contributed by atoms with E-state index in [0.29, 0.717) is 6.61 Å². The van der Waals surface area contributed by atoms with E-state index in [-0.39, 0.29) is 5.75 Å². The molecule has 78 valence electrons. The molecule has 1 aromatic rings. The van der Waals surface area contributed by atoms with Crippen molar-refractivity contribution in [3.05, 3.63) is 28.7 Å². The third kappa shape index (κ3) is 6.30. The van der Waals surface area contributed by atoms with Crippen LogP contribution in [0.15, 0.2) is 28.7 Å². The number of primary amides is 1. The number of benzene rings is 1. The van der Waals surface area contributed by atoms with Gasteiger partial charge in [0.15, 0.2) is 0 Å². The quantitative estimate of drug-likeness (QED) is 0.815. The number of ether oxygens (including phenoxy) is 1. The van der Waals surface area contributed by atoms with E-state index in [1.54, 1.807) is 25.1 Å².